The lowest BCUT2D eigenvalue weighted by Crippen LogP contribution is -2.33. The lowest BCUT2D eigenvalue weighted by Gasteiger charge is -2.18. The van der Waals surface area contributed by atoms with E-state index in [1.54, 1.807) is 18.2 Å². The van der Waals surface area contributed by atoms with Crippen LogP contribution in [0.2, 0.25) is 0 Å². The third-order valence-electron chi connectivity index (χ3n) is 5.44. The Morgan fingerprint density at radius 2 is 1.69 bits per heavy atom. The van der Waals surface area contributed by atoms with Gasteiger partial charge in [0.2, 0.25) is 0 Å². The van der Waals surface area contributed by atoms with Gasteiger partial charge in [-0.3, -0.25) is 0 Å². The molecular weight excluding hydrogens is 524 g/mol. The fourth-order valence-corrected chi connectivity index (χ4v) is 3.42. The van der Waals surface area contributed by atoms with Gasteiger partial charge in [0.25, 0.3) is 0 Å². The lowest BCUT2D eigenvalue weighted by atomic mass is 10.0. The van der Waals surface area contributed by atoms with Crippen LogP contribution in [0.3, 0.4) is 0 Å². The second-order valence-electron chi connectivity index (χ2n) is 8.22. The molecule has 0 atom stereocenters. The van der Waals surface area contributed by atoms with E-state index in [9.17, 15) is 32.3 Å². The molecule has 0 aromatic heterocycles. The number of aliphatic carboxylic acids is 1. The summed E-state index contributed by atoms with van der Waals surface area (Å²) >= 11 is 0. The average Bonchev–Trinajstić information content (AvgIpc) is 2.88. The number of carboxylic acids is 1. The molecule has 0 fully saturated rings. The predicted molar refractivity (Wildman–Crippen MR) is 135 cm³/mol. The van der Waals surface area contributed by atoms with Crippen molar-refractivity contribution in [2.45, 2.75) is 25.4 Å². The minimum Gasteiger partial charge on any atom is -0.493 e. The van der Waals surface area contributed by atoms with E-state index in [0.29, 0.717) is 23.4 Å². The molecule has 0 amide bonds. The largest absolute Gasteiger partial charge is 0.493 e. The summed E-state index contributed by atoms with van der Waals surface area (Å²) in [6.45, 7) is 0. The average molecular weight is 548 g/mol. The van der Waals surface area contributed by atoms with Gasteiger partial charge in [0.15, 0.2) is 11.5 Å². The number of hydrogen-bond acceptors (Lipinski definition) is 7. The number of rotatable bonds is 11. The van der Waals surface area contributed by atoms with Crippen LogP contribution in [-0.2, 0) is 11.2 Å². The second-order valence-corrected chi connectivity index (χ2v) is 8.22. The van der Waals surface area contributed by atoms with E-state index in [4.69, 9.17) is 20.9 Å². The highest BCUT2D eigenvalue weighted by molar-refractivity contribution is 5.93. The SMILES string of the molecule is COc1cc(C(=O)Oc2ccc(/C=C(\CCc3ccc(N)cc3N)C(=O)O)cc2)ccc1OC(F)(F)C(F)F. The first-order chi connectivity index (χ1) is 18.4. The highest BCUT2D eigenvalue weighted by atomic mass is 19.3. The van der Waals surface area contributed by atoms with Crippen LogP contribution in [-0.4, -0.2) is 36.7 Å². The van der Waals surface area contributed by atoms with Crippen LogP contribution >= 0.6 is 0 Å². The summed E-state index contributed by atoms with van der Waals surface area (Å²) in [4.78, 5) is 24.2. The first kappa shape index (κ1) is 28.8. The van der Waals surface area contributed by atoms with Gasteiger partial charge in [-0.2, -0.15) is 17.6 Å². The molecule has 0 spiro atoms. The van der Waals surface area contributed by atoms with Crippen molar-refractivity contribution in [3.8, 4) is 17.2 Å². The van der Waals surface area contributed by atoms with Crippen LogP contribution in [0.4, 0.5) is 28.9 Å². The van der Waals surface area contributed by atoms with Gasteiger partial charge in [0, 0.05) is 16.9 Å². The zero-order chi connectivity index (χ0) is 28.7. The van der Waals surface area contributed by atoms with Crippen LogP contribution in [0.5, 0.6) is 17.2 Å². The van der Waals surface area contributed by atoms with Crippen molar-refractivity contribution < 1.29 is 46.5 Å². The molecule has 12 heteroatoms. The highest BCUT2D eigenvalue weighted by Gasteiger charge is 2.44. The van der Waals surface area contributed by atoms with Gasteiger partial charge in [-0.25, -0.2) is 9.59 Å². The Morgan fingerprint density at radius 1 is 1.00 bits per heavy atom. The van der Waals surface area contributed by atoms with Crippen molar-refractivity contribution in [2.75, 3.05) is 18.6 Å². The number of nitrogens with two attached hydrogens (primary N) is 2. The standard InChI is InChI=1S/C27H24F4N2O6/c1-37-23-13-18(7-11-22(23)39-27(30,31)26(28)29)25(36)38-20-9-2-15(3-10-20)12-17(24(34)35)5-4-16-6-8-19(32)14-21(16)33/h2-3,6-14,26H,4-5,32-33H2,1H3,(H,34,35)/b17-12+. The normalized spacial score (nSPS) is 11.8. The minimum atomic E-state index is -4.75. The molecule has 0 radical (unpaired) electrons. The number of methoxy groups -OCH3 is 1. The number of hydrogen-bond donors (Lipinski definition) is 3. The predicted octanol–water partition coefficient (Wildman–Crippen LogP) is 5.42. The first-order valence-corrected chi connectivity index (χ1v) is 11.3. The maximum Gasteiger partial charge on any atom is 0.461 e. The van der Waals surface area contributed by atoms with Crippen LogP contribution in [0.15, 0.2) is 66.2 Å². The zero-order valence-corrected chi connectivity index (χ0v) is 20.5. The summed E-state index contributed by atoms with van der Waals surface area (Å²) in [7, 11) is 1.08. The Labute approximate surface area is 220 Å². The van der Waals surface area contributed by atoms with Crippen LogP contribution in [0.1, 0.15) is 27.9 Å². The number of ether oxygens (including phenoxy) is 3. The molecular formula is C27H24F4N2O6. The van der Waals surface area contributed by atoms with Gasteiger partial charge in [0.05, 0.1) is 12.7 Å². The van der Waals surface area contributed by atoms with Crippen molar-refractivity contribution in [1.29, 1.82) is 0 Å². The summed E-state index contributed by atoms with van der Waals surface area (Å²) in [5.74, 6) is -2.97. The molecule has 0 saturated carbocycles. The lowest BCUT2D eigenvalue weighted by molar-refractivity contribution is -0.253. The molecule has 0 aliphatic heterocycles. The molecule has 0 aliphatic carbocycles. The molecule has 3 rings (SSSR count). The number of anilines is 2. The topological polar surface area (TPSA) is 134 Å². The van der Waals surface area contributed by atoms with E-state index >= 15 is 0 Å². The summed E-state index contributed by atoms with van der Waals surface area (Å²) in [6, 6.07) is 13.9. The third-order valence-corrected chi connectivity index (χ3v) is 5.44. The number of carboxylic acid groups (broad SMARTS) is 1. The van der Waals surface area contributed by atoms with Crippen molar-refractivity contribution >= 4 is 29.4 Å². The molecule has 0 unspecified atom stereocenters. The summed E-state index contributed by atoms with van der Waals surface area (Å²) in [5.41, 5.74) is 13.9. The van der Waals surface area contributed by atoms with Crippen LogP contribution in [0, 0.1) is 0 Å². The van der Waals surface area contributed by atoms with Crippen molar-refractivity contribution in [3.63, 3.8) is 0 Å². The molecule has 0 saturated heterocycles. The van der Waals surface area contributed by atoms with Crippen molar-refractivity contribution in [1.82, 2.24) is 0 Å². The fraction of sp³-hybridized carbons (Fsp3) is 0.185. The third kappa shape index (κ3) is 7.63. The van der Waals surface area contributed by atoms with Gasteiger partial charge in [0.1, 0.15) is 5.75 Å². The molecule has 39 heavy (non-hydrogen) atoms. The van der Waals surface area contributed by atoms with E-state index in [-0.39, 0.29) is 29.1 Å². The van der Waals surface area contributed by atoms with Gasteiger partial charge in [-0.05, 0) is 72.5 Å². The summed E-state index contributed by atoms with van der Waals surface area (Å²) in [6.07, 6.45) is -6.77. The number of alkyl halides is 4. The van der Waals surface area contributed by atoms with Gasteiger partial charge in [-0.15, -0.1) is 0 Å². The van der Waals surface area contributed by atoms with Gasteiger partial charge >= 0.3 is 24.5 Å². The number of nitrogen functional groups attached to an aromatic ring is 2. The first-order valence-electron chi connectivity index (χ1n) is 11.3. The number of aryl methyl sites for hydroxylation is 1. The fourth-order valence-electron chi connectivity index (χ4n) is 3.42. The number of esters is 1. The summed E-state index contributed by atoms with van der Waals surface area (Å²) < 4.78 is 65.5. The Morgan fingerprint density at radius 3 is 2.28 bits per heavy atom. The maximum atomic E-state index is 13.2. The van der Waals surface area contributed by atoms with Crippen LogP contribution in [0.25, 0.3) is 6.08 Å². The van der Waals surface area contributed by atoms with E-state index < -0.39 is 30.2 Å². The Bertz CT molecular complexity index is 1380. The van der Waals surface area contributed by atoms with Gasteiger partial charge < -0.3 is 30.8 Å². The molecule has 8 nitrogen and oxygen atoms in total. The Kier molecular flexibility index (Phi) is 9.02. The molecule has 5 N–H and O–H groups in total. The highest BCUT2D eigenvalue weighted by Crippen LogP contribution is 2.35. The molecule has 206 valence electrons. The molecule has 0 aliphatic rings. The number of carbonyl (C=O) groups is 2. The monoisotopic (exact) mass is 548 g/mol. The second kappa shape index (κ2) is 12.2. The number of halogens is 4. The van der Waals surface area contributed by atoms with Gasteiger partial charge in [-0.1, -0.05) is 18.2 Å². The smallest absolute Gasteiger partial charge is 0.461 e. The molecule has 3 aromatic carbocycles. The summed E-state index contributed by atoms with van der Waals surface area (Å²) in [5, 5.41) is 9.59. The molecule has 3 aromatic rings. The number of benzene rings is 3. The quantitative estimate of drug-likeness (QED) is 0.0952. The number of carbonyl (C=O) groups excluding carboxylic acids is 1. The Hall–Kier alpha value is -4.74. The minimum absolute atomic E-state index is 0.104. The Balaban J connectivity index is 1.69. The van der Waals surface area contributed by atoms with E-state index in [1.165, 1.54) is 30.3 Å². The van der Waals surface area contributed by atoms with Crippen molar-refractivity contribution in [3.05, 3.63) is 82.9 Å². The zero-order valence-electron chi connectivity index (χ0n) is 20.5. The van der Waals surface area contributed by atoms with E-state index in [1.807, 2.05) is 0 Å². The van der Waals surface area contributed by atoms with E-state index in [0.717, 1.165) is 30.9 Å². The van der Waals surface area contributed by atoms with E-state index in [2.05, 4.69) is 4.74 Å². The van der Waals surface area contributed by atoms with Crippen molar-refractivity contribution in [2.24, 2.45) is 0 Å². The van der Waals surface area contributed by atoms with Crippen LogP contribution < -0.4 is 25.7 Å². The molecule has 0 heterocycles. The molecule has 0 bridgehead atoms. The maximum absolute atomic E-state index is 13.2.